The van der Waals surface area contributed by atoms with Crippen molar-refractivity contribution in [1.82, 2.24) is 26.4 Å². The Kier molecular flexibility index (Phi) is 6.48. The Morgan fingerprint density at radius 1 is 1.32 bits per heavy atom. The van der Waals surface area contributed by atoms with Gasteiger partial charge in [0.05, 0.1) is 23.9 Å². The topological polar surface area (TPSA) is 94.7 Å². The Balaban J connectivity index is 1.26. The molecule has 0 radical (unpaired) electrons. The van der Waals surface area contributed by atoms with Gasteiger partial charge in [-0.3, -0.25) is 20.3 Å². The van der Waals surface area contributed by atoms with Gasteiger partial charge >= 0.3 is 0 Å². The average Bonchev–Trinajstić information content (AvgIpc) is 3.36. The van der Waals surface area contributed by atoms with Crippen LogP contribution in [0.2, 0.25) is 0 Å². The maximum Gasteiger partial charge on any atom is 0.230 e. The molecule has 9 heteroatoms. The molecule has 3 fully saturated rings. The fraction of sp³-hybridized carbons (Fsp3) is 0.579. The minimum atomic E-state index is -0.291. The summed E-state index contributed by atoms with van der Waals surface area (Å²) in [5, 5.41) is 11.4. The summed E-state index contributed by atoms with van der Waals surface area (Å²) in [7, 11) is 0. The Morgan fingerprint density at radius 3 is 2.96 bits per heavy atom. The zero-order valence-corrected chi connectivity index (χ0v) is 16.5. The van der Waals surface area contributed by atoms with Gasteiger partial charge in [0.1, 0.15) is 5.50 Å². The van der Waals surface area contributed by atoms with Gasteiger partial charge in [0, 0.05) is 26.2 Å². The molecular formula is C19H27N5O3S. The largest absolute Gasteiger partial charge is 0.376 e. The van der Waals surface area contributed by atoms with Crippen LogP contribution in [0.1, 0.15) is 18.4 Å². The number of thioether (sulfide) groups is 1. The number of hydrazine groups is 1. The Morgan fingerprint density at radius 2 is 2.18 bits per heavy atom. The molecule has 2 amide bonds. The van der Waals surface area contributed by atoms with Crippen molar-refractivity contribution in [2.24, 2.45) is 5.92 Å². The molecule has 3 aliphatic heterocycles. The van der Waals surface area contributed by atoms with E-state index in [0.29, 0.717) is 19.6 Å². The third kappa shape index (κ3) is 4.84. The van der Waals surface area contributed by atoms with Gasteiger partial charge in [-0.2, -0.15) is 0 Å². The highest BCUT2D eigenvalue weighted by atomic mass is 32.2. The number of nitrogens with one attached hydrogen (secondary N) is 4. The minimum absolute atomic E-state index is 0.0177. The first-order chi connectivity index (χ1) is 13.7. The van der Waals surface area contributed by atoms with Crippen LogP contribution in [0, 0.1) is 5.92 Å². The van der Waals surface area contributed by atoms with Crippen molar-refractivity contribution in [3.05, 3.63) is 35.9 Å². The quantitative estimate of drug-likeness (QED) is 0.507. The van der Waals surface area contributed by atoms with Gasteiger partial charge in [-0.15, -0.1) is 11.8 Å². The number of hydrogen-bond donors (Lipinski definition) is 4. The number of hydrogen-bond acceptors (Lipinski definition) is 7. The van der Waals surface area contributed by atoms with E-state index in [4.69, 9.17) is 4.74 Å². The number of nitrogens with zero attached hydrogens (tertiary/aromatic N) is 1. The second-order valence-corrected chi connectivity index (χ2v) is 8.43. The van der Waals surface area contributed by atoms with Crippen LogP contribution in [0.25, 0.3) is 0 Å². The van der Waals surface area contributed by atoms with E-state index in [2.05, 4.69) is 38.5 Å². The van der Waals surface area contributed by atoms with Crippen LogP contribution < -0.4 is 21.4 Å². The molecule has 1 aromatic rings. The number of ether oxygens (including phenoxy) is 1. The molecule has 4 unspecified atom stereocenters. The van der Waals surface area contributed by atoms with E-state index in [1.54, 1.807) is 0 Å². The van der Waals surface area contributed by atoms with Crippen LogP contribution in [-0.4, -0.2) is 60.0 Å². The Bertz CT molecular complexity index is 685. The van der Waals surface area contributed by atoms with Gasteiger partial charge in [0.2, 0.25) is 11.8 Å². The monoisotopic (exact) mass is 405 g/mol. The van der Waals surface area contributed by atoms with Gasteiger partial charge in [-0.05, 0) is 18.4 Å². The first kappa shape index (κ1) is 19.7. The lowest BCUT2D eigenvalue weighted by atomic mass is 10.1. The van der Waals surface area contributed by atoms with Gasteiger partial charge in [-0.25, -0.2) is 5.01 Å². The summed E-state index contributed by atoms with van der Waals surface area (Å²) in [4.78, 5) is 24.6. The lowest BCUT2D eigenvalue weighted by Crippen LogP contribution is -2.62. The third-order valence-corrected chi connectivity index (χ3v) is 6.31. The zero-order valence-electron chi connectivity index (χ0n) is 15.7. The van der Waals surface area contributed by atoms with E-state index >= 15 is 0 Å². The number of amides is 2. The molecule has 4 rings (SSSR count). The van der Waals surface area contributed by atoms with Gasteiger partial charge in [-0.1, -0.05) is 30.3 Å². The van der Waals surface area contributed by atoms with Gasteiger partial charge in [0.25, 0.3) is 0 Å². The summed E-state index contributed by atoms with van der Waals surface area (Å²) in [5.74, 6) is 0.121. The lowest BCUT2D eigenvalue weighted by molar-refractivity contribution is -0.128. The normalized spacial score (nSPS) is 30.1. The smallest absolute Gasteiger partial charge is 0.230 e. The number of fused-ring (bicyclic) bond motifs is 1. The van der Waals surface area contributed by atoms with Crippen LogP contribution in [0.4, 0.5) is 0 Å². The molecule has 0 bridgehead atoms. The molecule has 28 heavy (non-hydrogen) atoms. The zero-order chi connectivity index (χ0) is 19.3. The lowest BCUT2D eigenvalue weighted by Gasteiger charge is -2.36. The van der Waals surface area contributed by atoms with Crippen molar-refractivity contribution in [3.63, 3.8) is 0 Å². The van der Waals surface area contributed by atoms with E-state index < -0.39 is 0 Å². The standard InChI is InChI=1S/C19H27N5O3S/c25-16(20-9-14-7-4-8-27-14)12-28-19-22-17-15(18(26)23-19)10-21-24(17)11-13-5-2-1-3-6-13/h1-3,5-6,14-15,17,19,21-22H,4,7-12H2,(H,20,25)(H,23,26). The number of carbonyl (C=O) groups excluding carboxylic acids is 2. The van der Waals surface area contributed by atoms with Gasteiger partial charge < -0.3 is 15.4 Å². The first-order valence-corrected chi connectivity index (χ1v) is 10.8. The Hall–Kier alpha value is -1.65. The molecule has 3 aliphatic rings. The maximum atomic E-state index is 12.5. The molecule has 8 nitrogen and oxygen atoms in total. The molecule has 3 heterocycles. The van der Waals surface area contributed by atoms with Crippen LogP contribution in [0.5, 0.6) is 0 Å². The van der Waals surface area contributed by atoms with Crippen molar-refractivity contribution in [1.29, 1.82) is 0 Å². The number of carbonyl (C=O) groups is 2. The SMILES string of the molecule is O=C(CSC1NC(=O)C2CNN(Cc3ccccc3)C2N1)NCC1CCCO1. The van der Waals surface area contributed by atoms with Crippen LogP contribution >= 0.6 is 11.8 Å². The average molecular weight is 406 g/mol. The Labute approximate surface area is 169 Å². The van der Waals surface area contributed by atoms with E-state index in [0.717, 1.165) is 19.4 Å². The molecule has 4 N–H and O–H groups in total. The summed E-state index contributed by atoms with van der Waals surface area (Å²) in [5.41, 5.74) is 4.21. The van der Waals surface area contributed by atoms with E-state index in [9.17, 15) is 9.59 Å². The predicted octanol–water partition coefficient (Wildman–Crippen LogP) is -0.0195. The highest BCUT2D eigenvalue weighted by Crippen LogP contribution is 2.23. The third-order valence-electron chi connectivity index (χ3n) is 5.29. The number of benzene rings is 1. The fourth-order valence-corrected chi connectivity index (χ4v) is 4.64. The van der Waals surface area contributed by atoms with Crippen LogP contribution in [-0.2, 0) is 20.9 Å². The summed E-state index contributed by atoms with van der Waals surface area (Å²) in [6.45, 7) is 2.66. The fourth-order valence-electron chi connectivity index (χ4n) is 3.79. The summed E-state index contributed by atoms with van der Waals surface area (Å²) in [6.07, 6.45) is 2.10. The van der Waals surface area contributed by atoms with Crippen molar-refractivity contribution in [2.45, 2.75) is 37.2 Å². The summed E-state index contributed by atoms with van der Waals surface area (Å²) in [6, 6.07) is 10.2. The minimum Gasteiger partial charge on any atom is -0.376 e. The highest BCUT2D eigenvalue weighted by molar-refractivity contribution is 8.00. The van der Waals surface area contributed by atoms with E-state index in [-0.39, 0.29) is 41.3 Å². The molecule has 3 saturated heterocycles. The second-order valence-electron chi connectivity index (χ2n) is 7.33. The summed E-state index contributed by atoms with van der Waals surface area (Å²) < 4.78 is 5.52. The van der Waals surface area contributed by atoms with Crippen molar-refractivity contribution in [3.8, 4) is 0 Å². The molecule has 0 aromatic heterocycles. The van der Waals surface area contributed by atoms with Crippen LogP contribution in [0.3, 0.4) is 0 Å². The highest BCUT2D eigenvalue weighted by Gasteiger charge is 2.43. The van der Waals surface area contributed by atoms with Crippen molar-refractivity contribution >= 4 is 23.6 Å². The van der Waals surface area contributed by atoms with Crippen molar-refractivity contribution in [2.75, 3.05) is 25.4 Å². The van der Waals surface area contributed by atoms with E-state index in [1.165, 1.54) is 17.3 Å². The summed E-state index contributed by atoms with van der Waals surface area (Å²) >= 11 is 1.40. The van der Waals surface area contributed by atoms with Crippen LogP contribution in [0.15, 0.2) is 30.3 Å². The maximum absolute atomic E-state index is 12.5. The van der Waals surface area contributed by atoms with Gasteiger partial charge in [0.15, 0.2) is 0 Å². The first-order valence-electron chi connectivity index (χ1n) is 9.79. The molecule has 0 spiro atoms. The number of rotatable bonds is 7. The van der Waals surface area contributed by atoms with Crippen molar-refractivity contribution < 1.29 is 14.3 Å². The molecule has 0 saturated carbocycles. The molecule has 152 valence electrons. The predicted molar refractivity (Wildman–Crippen MR) is 107 cm³/mol. The molecule has 1 aromatic carbocycles. The molecule has 0 aliphatic carbocycles. The molecular weight excluding hydrogens is 378 g/mol. The second kappa shape index (κ2) is 9.23. The molecule has 4 atom stereocenters. The van der Waals surface area contributed by atoms with E-state index in [1.807, 2.05) is 18.2 Å².